The first-order chi connectivity index (χ1) is 10.8. The monoisotopic (exact) mass is 334 g/mol. The topological polar surface area (TPSA) is 71.4 Å². The summed E-state index contributed by atoms with van der Waals surface area (Å²) in [5, 5.41) is 0. The molecule has 0 amide bonds. The molecule has 23 heavy (non-hydrogen) atoms. The zero-order chi connectivity index (χ0) is 16.4. The third-order valence-electron chi connectivity index (χ3n) is 6.70. The third-order valence-corrected chi connectivity index (χ3v) is 7.55. The molecule has 4 nitrogen and oxygen atoms in total. The lowest BCUT2D eigenvalue weighted by Gasteiger charge is -2.48. The lowest BCUT2D eigenvalue weighted by Crippen LogP contribution is -2.42. The lowest BCUT2D eigenvalue weighted by atomic mass is 9.55. The predicted octanol–water partition coefficient (Wildman–Crippen LogP) is 3.36. The molecule has 1 aromatic carbocycles. The molecule has 0 heterocycles. The van der Waals surface area contributed by atoms with Gasteiger partial charge in [0.05, 0.1) is 4.90 Å². The van der Waals surface area contributed by atoms with Crippen molar-refractivity contribution in [2.75, 3.05) is 0 Å². The number of aryl methyl sites for hydroxylation is 1. The molecule has 2 fully saturated rings. The maximum absolute atomic E-state index is 12.3. The van der Waals surface area contributed by atoms with Gasteiger partial charge in [0.2, 0.25) is 0 Å². The minimum atomic E-state index is -4.14. The summed E-state index contributed by atoms with van der Waals surface area (Å²) in [4.78, 5) is 12.3. The first kappa shape index (κ1) is 15.3. The number of carbonyl (C=O) groups excluding carboxylic acids is 1. The molecule has 5 heteroatoms. The Kier molecular flexibility index (Phi) is 3.27. The van der Waals surface area contributed by atoms with Crippen LogP contribution in [0.3, 0.4) is 0 Å². The van der Waals surface area contributed by atoms with E-state index in [9.17, 15) is 17.8 Å². The van der Waals surface area contributed by atoms with Gasteiger partial charge < -0.3 is 0 Å². The molecule has 0 radical (unpaired) electrons. The van der Waals surface area contributed by atoms with Gasteiger partial charge in [0.15, 0.2) is 0 Å². The van der Waals surface area contributed by atoms with Crippen LogP contribution in [0, 0.1) is 17.3 Å². The van der Waals surface area contributed by atoms with Crippen LogP contribution in [0.25, 0.3) is 0 Å². The minimum Gasteiger partial charge on any atom is -0.299 e. The maximum atomic E-state index is 12.3. The largest absolute Gasteiger partial charge is 0.299 e. The molecular formula is C18H22O4S. The van der Waals surface area contributed by atoms with Crippen LogP contribution in [0.1, 0.15) is 56.1 Å². The van der Waals surface area contributed by atoms with Crippen molar-refractivity contribution in [3.63, 3.8) is 0 Å². The fourth-order valence-electron chi connectivity index (χ4n) is 5.49. The lowest BCUT2D eigenvalue weighted by molar-refractivity contribution is -0.129. The molecule has 124 valence electrons. The van der Waals surface area contributed by atoms with Gasteiger partial charge in [-0.05, 0) is 73.1 Å². The molecule has 0 saturated heterocycles. The van der Waals surface area contributed by atoms with Crippen molar-refractivity contribution < 1.29 is 17.8 Å². The van der Waals surface area contributed by atoms with Gasteiger partial charge in [-0.25, -0.2) is 0 Å². The summed E-state index contributed by atoms with van der Waals surface area (Å²) in [7, 11) is -4.14. The Hall–Kier alpha value is -1.20. The standard InChI is InChI=1S/C18H22O4S/c1-18-9-8-14-13-5-3-12(23(20,21)22)10-11(13)2-4-15(14)16(18)6-7-17(18)19/h3,5,10,14-16H,2,4,6-9H2,1H3,(H,20,21,22)/t14-,15-,16+,18+/m1/s1. The molecule has 4 rings (SSSR count). The van der Waals surface area contributed by atoms with E-state index in [1.54, 1.807) is 6.07 Å². The summed E-state index contributed by atoms with van der Waals surface area (Å²) in [5.41, 5.74) is 2.15. The van der Waals surface area contributed by atoms with Crippen molar-refractivity contribution in [2.45, 2.75) is 56.3 Å². The van der Waals surface area contributed by atoms with E-state index in [-0.39, 0.29) is 10.3 Å². The van der Waals surface area contributed by atoms with Crippen LogP contribution in [0.5, 0.6) is 0 Å². The fraction of sp³-hybridized carbons (Fsp3) is 0.611. The number of ketones is 1. The van der Waals surface area contributed by atoms with Crippen molar-refractivity contribution >= 4 is 15.9 Å². The Morgan fingerprint density at radius 1 is 1.17 bits per heavy atom. The molecule has 3 aliphatic rings. The van der Waals surface area contributed by atoms with Crippen LogP contribution in [0.15, 0.2) is 23.1 Å². The summed E-state index contributed by atoms with van der Waals surface area (Å²) in [5.74, 6) is 1.87. The summed E-state index contributed by atoms with van der Waals surface area (Å²) in [6.07, 6.45) is 5.52. The normalized spacial score (nSPS) is 36.3. The zero-order valence-electron chi connectivity index (χ0n) is 13.3. The van der Waals surface area contributed by atoms with Gasteiger partial charge in [-0.15, -0.1) is 0 Å². The van der Waals surface area contributed by atoms with Crippen LogP contribution >= 0.6 is 0 Å². The van der Waals surface area contributed by atoms with Crippen molar-refractivity contribution in [3.8, 4) is 0 Å². The molecule has 2 saturated carbocycles. The Balaban J connectivity index is 1.72. The van der Waals surface area contributed by atoms with Crippen molar-refractivity contribution in [3.05, 3.63) is 29.3 Å². The summed E-state index contributed by atoms with van der Waals surface area (Å²) in [6.45, 7) is 2.15. The third kappa shape index (κ3) is 2.20. The van der Waals surface area contributed by atoms with Crippen LogP contribution in [-0.4, -0.2) is 18.8 Å². The van der Waals surface area contributed by atoms with E-state index in [1.807, 2.05) is 6.07 Å². The highest BCUT2D eigenvalue weighted by Crippen LogP contribution is 2.59. The van der Waals surface area contributed by atoms with Crippen LogP contribution in [0.4, 0.5) is 0 Å². The number of benzene rings is 1. The Bertz CT molecular complexity index is 782. The zero-order valence-corrected chi connectivity index (χ0v) is 14.1. The second-order valence-corrected chi connectivity index (χ2v) is 9.09. The molecule has 0 aliphatic heterocycles. The highest BCUT2D eigenvalue weighted by molar-refractivity contribution is 7.85. The minimum absolute atomic E-state index is 0.00797. The quantitative estimate of drug-likeness (QED) is 0.799. The highest BCUT2D eigenvalue weighted by atomic mass is 32.2. The first-order valence-corrected chi connectivity index (χ1v) is 9.88. The maximum Gasteiger partial charge on any atom is 0.294 e. The molecule has 0 spiro atoms. The molecule has 0 unspecified atom stereocenters. The molecule has 1 aromatic rings. The molecule has 4 atom stereocenters. The van der Waals surface area contributed by atoms with E-state index in [4.69, 9.17) is 0 Å². The van der Waals surface area contributed by atoms with Gasteiger partial charge in [0.25, 0.3) is 10.1 Å². The molecule has 0 bridgehead atoms. The summed E-state index contributed by atoms with van der Waals surface area (Å²) >= 11 is 0. The highest BCUT2D eigenvalue weighted by Gasteiger charge is 2.54. The average molecular weight is 334 g/mol. The van der Waals surface area contributed by atoms with Crippen LogP contribution in [-0.2, 0) is 21.3 Å². The van der Waals surface area contributed by atoms with Gasteiger partial charge in [0, 0.05) is 11.8 Å². The smallest absolute Gasteiger partial charge is 0.294 e. The Labute approximate surface area is 137 Å². The molecule has 1 N–H and O–H groups in total. The van der Waals surface area contributed by atoms with Gasteiger partial charge in [0.1, 0.15) is 5.78 Å². The van der Waals surface area contributed by atoms with Crippen LogP contribution in [0.2, 0.25) is 0 Å². The molecular weight excluding hydrogens is 312 g/mol. The van der Waals surface area contributed by atoms with E-state index in [0.29, 0.717) is 23.5 Å². The van der Waals surface area contributed by atoms with Gasteiger partial charge in [-0.1, -0.05) is 13.0 Å². The van der Waals surface area contributed by atoms with E-state index < -0.39 is 10.1 Å². The number of fused-ring (bicyclic) bond motifs is 5. The molecule has 3 aliphatic carbocycles. The van der Waals surface area contributed by atoms with E-state index in [2.05, 4.69) is 6.92 Å². The predicted molar refractivity (Wildman–Crippen MR) is 85.9 cm³/mol. The second-order valence-electron chi connectivity index (χ2n) is 7.67. The van der Waals surface area contributed by atoms with E-state index in [0.717, 1.165) is 44.1 Å². The number of Topliss-reactive ketones (excluding diaryl/α,β-unsaturated/α-hetero) is 1. The number of rotatable bonds is 1. The number of hydrogen-bond acceptors (Lipinski definition) is 3. The fourth-order valence-corrected chi connectivity index (χ4v) is 6.02. The summed E-state index contributed by atoms with van der Waals surface area (Å²) in [6, 6.07) is 5.04. The van der Waals surface area contributed by atoms with E-state index in [1.165, 1.54) is 11.6 Å². The van der Waals surface area contributed by atoms with Crippen molar-refractivity contribution in [2.24, 2.45) is 17.3 Å². The Morgan fingerprint density at radius 3 is 2.70 bits per heavy atom. The van der Waals surface area contributed by atoms with Crippen LogP contribution < -0.4 is 0 Å². The van der Waals surface area contributed by atoms with Gasteiger partial charge in [-0.2, -0.15) is 8.42 Å². The number of carbonyl (C=O) groups is 1. The average Bonchev–Trinajstić information content (AvgIpc) is 2.81. The van der Waals surface area contributed by atoms with E-state index >= 15 is 0 Å². The van der Waals surface area contributed by atoms with Gasteiger partial charge in [-0.3, -0.25) is 9.35 Å². The van der Waals surface area contributed by atoms with Crippen molar-refractivity contribution in [1.29, 1.82) is 0 Å². The second kappa shape index (κ2) is 4.90. The molecule has 0 aromatic heterocycles. The van der Waals surface area contributed by atoms with Crippen molar-refractivity contribution in [1.82, 2.24) is 0 Å². The Morgan fingerprint density at radius 2 is 1.96 bits per heavy atom. The first-order valence-electron chi connectivity index (χ1n) is 8.44. The summed E-state index contributed by atoms with van der Waals surface area (Å²) < 4.78 is 31.9. The number of hydrogen-bond donors (Lipinski definition) is 1. The SMILES string of the molecule is C[C@]12CC[C@@H]3c4ccc(S(=O)(=O)O)cc4CC[C@H]3[C@@H]1CCC2=O. The van der Waals surface area contributed by atoms with Gasteiger partial charge >= 0.3 is 0 Å².